The number of carbonyl (C=O) groups is 2. The maximum absolute atomic E-state index is 12.5. The number of carboxylic acids is 1. The lowest BCUT2D eigenvalue weighted by molar-refractivity contribution is 0.0678. The molecule has 0 atom stereocenters. The maximum Gasteiger partial charge on any atom is 0.356 e. The molecule has 0 fully saturated rings. The molecule has 0 radical (unpaired) electrons. The second kappa shape index (κ2) is 5.72. The monoisotopic (exact) mass is 342 g/mol. The minimum absolute atomic E-state index is 0.0913. The normalized spacial score (nSPS) is 14.2. The predicted octanol–water partition coefficient (Wildman–Crippen LogP) is 1.89. The van der Waals surface area contributed by atoms with Gasteiger partial charge in [0.15, 0.2) is 5.69 Å². The summed E-state index contributed by atoms with van der Waals surface area (Å²) < 4.78 is 2.61. The summed E-state index contributed by atoms with van der Waals surface area (Å²) in [5.74, 6) is -1.30. The summed E-state index contributed by atoms with van der Waals surface area (Å²) in [6, 6.07) is 9.30. The summed E-state index contributed by atoms with van der Waals surface area (Å²) >= 11 is 1.64. The van der Waals surface area contributed by atoms with Crippen molar-refractivity contribution in [1.82, 2.24) is 19.7 Å². The van der Waals surface area contributed by atoms with Crippen LogP contribution in [0.4, 0.5) is 0 Å². The molecule has 4 rings (SSSR count). The first-order chi connectivity index (χ1) is 11.6. The SMILES string of the molecule is O=C(O)c1cc2n(n1)CCN(CCc1nc3ccccc3s1)C2=O. The van der Waals surface area contributed by atoms with Crippen molar-refractivity contribution in [2.45, 2.75) is 13.0 Å². The van der Waals surface area contributed by atoms with Gasteiger partial charge in [0, 0.05) is 25.6 Å². The molecule has 3 aromatic rings. The Bertz CT molecular complexity index is 913. The Balaban J connectivity index is 1.49. The van der Waals surface area contributed by atoms with Gasteiger partial charge < -0.3 is 10.0 Å². The topological polar surface area (TPSA) is 88.3 Å². The van der Waals surface area contributed by atoms with E-state index in [1.165, 1.54) is 10.7 Å². The zero-order valence-corrected chi connectivity index (χ0v) is 13.5. The number of aromatic nitrogens is 3. The van der Waals surface area contributed by atoms with Gasteiger partial charge in [-0.1, -0.05) is 12.1 Å². The molecule has 1 amide bonds. The van der Waals surface area contributed by atoms with Crippen LogP contribution in [0.2, 0.25) is 0 Å². The Morgan fingerprint density at radius 2 is 2.12 bits per heavy atom. The van der Waals surface area contributed by atoms with Crippen LogP contribution in [0.5, 0.6) is 0 Å². The van der Waals surface area contributed by atoms with E-state index >= 15 is 0 Å². The molecule has 0 saturated heterocycles. The van der Waals surface area contributed by atoms with Crippen LogP contribution in [0, 0.1) is 0 Å². The molecule has 8 heteroatoms. The average Bonchev–Trinajstić information content (AvgIpc) is 3.18. The summed E-state index contributed by atoms with van der Waals surface area (Å²) in [4.78, 5) is 29.8. The fourth-order valence-corrected chi connectivity index (χ4v) is 3.77. The molecule has 0 bridgehead atoms. The fraction of sp³-hybridized carbons (Fsp3) is 0.250. The van der Waals surface area contributed by atoms with Gasteiger partial charge in [-0.05, 0) is 12.1 Å². The van der Waals surface area contributed by atoms with Crippen LogP contribution in [-0.4, -0.2) is 49.7 Å². The number of carbonyl (C=O) groups excluding carboxylic acids is 1. The number of aromatic carboxylic acids is 1. The number of fused-ring (bicyclic) bond motifs is 2. The smallest absolute Gasteiger partial charge is 0.356 e. The second-order valence-corrected chi connectivity index (χ2v) is 6.68. The molecule has 1 aromatic carbocycles. The van der Waals surface area contributed by atoms with E-state index in [1.807, 2.05) is 24.3 Å². The van der Waals surface area contributed by atoms with Crippen molar-refractivity contribution in [3.63, 3.8) is 0 Å². The van der Waals surface area contributed by atoms with E-state index in [-0.39, 0.29) is 11.6 Å². The third-order valence-corrected chi connectivity index (χ3v) is 5.12. The first-order valence-corrected chi connectivity index (χ1v) is 8.38. The highest BCUT2D eigenvalue weighted by atomic mass is 32.1. The number of rotatable bonds is 4. The lowest BCUT2D eigenvalue weighted by Gasteiger charge is -2.27. The average molecular weight is 342 g/mol. The van der Waals surface area contributed by atoms with Crippen LogP contribution in [0.25, 0.3) is 10.2 Å². The van der Waals surface area contributed by atoms with Gasteiger partial charge in [-0.2, -0.15) is 5.10 Å². The molecule has 0 aliphatic carbocycles. The third-order valence-electron chi connectivity index (χ3n) is 4.02. The molecular formula is C16H14N4O3S. The molecule has 1 aliphatic rings. The molecule has 1 aliphatic heterocycles. The van der Waals surface area contributed by atoms with Gasteiger partial charge in [-0.15, -0.1) is 11.3 Å². The standard InChI is InChI=1S/C16H14N4O3S/c21-15-12-9-11(16(22)23)18-20(12)8-7-19(15)6-5-14-17-10-3-1-2-4-13(10)24-14/h1-4,9H,5-8H2,(H,22,23). The van der Waals surface area contributed by atoms with Gasteiger partial charge in [0.2, 0.25) is 0 Å². The molecule has 0 spiro atoms. The molecule has 7 nitrogen and oxygen atoms in total. The van der Waals surface area contributed by atoms with Crippen molar-refractivity contribution in [2.75, 3.05) is 13.1 Å². The molecular weight excluding hydrogens is 328 g/mol. The largest absolute Gasteiger partial charge is 0.476 e. The summed E-state index contributed by atoms with van der Waals surface area (Å²) in [6.07, 6.45) is 0.686. The van der Waals surface area contributed by atoms with E-state index in [2.05, 4.69) is 10.1 Å². The first-order valence-electron chi connectivity index (χ1n) is 7.57. The molecule has 2 aromatic heterocycles. The van der Waals surface area contributed by atoms with Crippen LogP contribution in [0.1, 0.15) is 26.0 Å². The van der Waals surface area contributed by atoms with E-state index in [1.54, 1.807) is 16.2 Å². The Kier molecular flexibility index (Phi) is 3.53. The van der Waals surface area contributed by atoms with Gasteiger partial charge in [-0.25, -0.2) is 9.78 Å². The highest BCUT2D eigenvalue weighted by Crippen LogP contribution is 2.22. The van der Waals surface area contributed by atoms with Gasteiger partial charge in [0.05, 0.1) is 21.8 Å². The van der Waals surface area contributed by atoms with Crippen LogP contribution in [0.3, 0.4) is 0 Å². The van der Waals surface area contributed by atoms with Gasteiger partial charge in [-0.3, -0.25) is 9.48 Å². The molecule has 0 saturated carbocycles. The molecule has 122 valence electrons. The Hall–Kier alpha value is -2.74. The maximum atomic E-state index is 12.5. The minimum Gasteiger partial charge on any atom is -0.476 e. The van der Waals surface area contributed by atoms with Crippen LogP contribution >= 0.6 is 11.3 Å². The quantitative estimate of drug-likeness (QED) is 0.782. The molecule has 0 unspecified atom stereocenters. The van der Waals surface area contributed by atoms with Crippen molar-refractivity contribution in [3.05, 3.63) is 46.7 Å². The number of carboxylic acid groups (broad SMARTS) is 1. The van der Waals surface area contributed by atoms with Crippen molar-refractivity contribution in [3.8, 4) is 0 Å². The number of nitrogens with zero attached hydrogens (tertiary/aromatic N) is 4. The van der Waals surface area contributed by atoms with Crippen LogP contribution in [-0.2, 0) is 13.0 Å². The third kappa shape index (κ3) is 2.54. The number of benzene rings is 1. The number of amides is 1. The summed E-state index contributed by atoms with van der Waals surface area (Å²) in [5, 5.41) is 13.9. The van der Waals surface area contributed by atoms with Crippen molar-refractivity contribution in [1.29, 1.82) is 0 Å². The van der Waals surface area contributed by atoms with E-state index in [0.717, 1.165) is 15.2 Å². The number of thiazole rings is 1. The molecule has 1 N–H and O–H groups in total. The van der Waals surface area contributed by atoms with E-state index < -0.39 is 5.97 Å². The summed E-state index contributed by atoms with van der Waals surface area (Å²) in [6.45, 7) is 1.60. The number of hydrogen-bond donors (Lipinski definition) is 1. The minimum atomic E-state index is -1.12. The van der Waals surface area contributed by atoms with Crippen LogP contribution < -0.4 is 0 Å². The van der Waals surface area contributed by atoms with E-state index in [0.29, 0.717) is 31.7 Å². The zero-order chi connectivity index (χ0) is 16.7. The van der Waals surface area contributed by atoms with E-state index in [9.17, 15) is 9.59 Å². The highest BCUT2D eigenvalue weighted by molar-refractivity contribution is 7.18. The van der Waals surface area contributed by atoms with Crippen molar-refractivity contribution in [2.24, 2.45) is 0 Å². The lowest BCUT2D eigenvalue weighted by Crippen LogP contribution is -2.41. The summed E-state index contributed by atoms with van der Waals surface area (Å²) in [5.41, 5.74) is 1.22. The number of para-hydroxylation sites is 1. The summed E-state index contributed by atoms with van der Waals surface area (Å²) in [7, 11) is 0. The van der Waals surface area contributed by atoms with Gasteiger partial charge in [0.1, 0.15) is 5.69 Å². The second-order valence-electron chi connectivity index (χ2n) is 5.56. The first kappa shape index (κ1) is 14.8. The Labute approximate surface area is 141 Å². The molecule has 3 heterocycles. The van der Waals surface area contributed by atoms with Gasteiger partial charge in [0.25, 0.3) is 5.91 Å². The molecule has 24 heavy (non-hydrogen) atoms. The van der Waals surface area contributed by atoms with E-state index in [4.69, 9.17) is 5.11 Å². The zero-order valence-electron chi connectivity index (χ0n) is 12.7. The number of hydrogen-bond acceptors (Lipinski definition) is 5. The van der Waals surface area contributed by atoms with Crippen molar-refractivity contribution < 1.29 is 14.7 Å². The Morgan fingerprint density at radius 1 is 1.29 bits per heavy atom. The van der Waals surface area contributed by atoms with Crippen LogP contribution in [0.15, 0.2) is 30.3 Å². The lowest BCUT2D eigenvalue weighted by atomic mass is 10.2. The fourth-order valence-electron chi connectivity index (χ4n) is 2.81. The predicted molar refractivity (Wildman–Crippen MR) is 88.4 cm³/mol. The van der Waals surface area contributed by atoms with Crippen molar-refractivity contribution >= 4 is 33.4 Å². The van der Waals surface area contributed by atoms with Gasteiger partial charge >= 0.3 is 5.97 Å². The highest BCUT2D eigenvalue weighted by Gasteiger charge is 2.27. The Morgan fingerprint density at radius 3 is 2.92 bits per heavy atom.